The lowest BCUT2D eigenvalue weighted by Gasteiger charge is -2.32. The van der Waals surface area contributed by atoms with Gasteiger partial charge in [0.05, 0.1) is 12.6 Å². The summed E-state index contributed by atoms with van der Waals surface area (Å²) in [6.45, 7) is 4.65. The first-order valence-electron chi connectivity index (χ1n) is 22.1. The van der Waals surface area contributed by atoms with Gasteiger partial charge in [-0.3, -0.25) is 24.0 Å². The number of nitrogens with two attached hydrogens (primary N) is 4. The Morgan fingerprint density at radius 1 is 0.778 bits per heavy atom. The maximum Gasteiger partial charge on any atom is 0.226 e. The number of likely N-dealkylation sites (N-methyl/N-ethyl adjacent to an activating group) is 1. The monoisotopic (exact) mass is 860 g/mol. The summed E-state index contributed by atoms with van der Waals surface area (Å²) in [5.74, 6) is -2.68. The molecular formula is C50H64N6O7. The third-order valence-corrected chi connectivity index (χ3v) is 11.6. The molecule has 0 unspecified atom stereocenters. The molecule has 0 saturated carbocycles. The Bertz CT molecular complexity index is 2190. The molecule has 1 heterocycles. The maximum atomic E-state index is 14.8. The molecule has 5 rings (SSSR count). The number of rotatable bonds is 20. The summed E-state index contributed by atoms with van der Waals surface area (Å²) in [7, 11) is 1.55. The van der Waals surface area contributed by atoms with Crippen LogP contribution in [0.15, 0.2) is 84.9 Å². The lowest BCUT2D eigenvalue weighted by Crippen LogP contribution is -2.47. The molecule has 13 heteroatoms. The van der Waals surface area contributed by atoms with Crippen LogP contribution in [0.1, 0.15) is 85.5 Å². The molecule has 2 amide bonds. The zero-order chi connectivity index (χ0) is 45.5. The number of fused-ring (bicyclic) bond motifs is 5. The van der Waals surface area contributed by atoms with Crippen molar-refractivity contribution in [2.45, 2.75) is 77.3 Å². The molecule has 4 bridgehead atoms. The Labute approximate surface area is 371 Å². The maximum absolute atomic E-state index is 14.8. The first-order valence-corrected chi connectivity index (χ1v) is 22.1. The highest BCUT2D eigenvalue weighted by Gasteiger charge is 2.36. The van der Waals surface area contributed by atoms with Crippen LogP contribution in [0, 0.1) is 11.8 Å². The van der Waals surface area contributed by atoms with Crippen molar-refractivity contribution in [3.8, 4) is 33.8 Å². The minimum absolute atomic E-state index is 0.101. The van der Waals surface area contributed by atoms with E-state index in [0.29, 0.717) is 58.7 Å². The molecule has 0 radical (unpaired) electrons. The van der Waals surface area contributed by atoms with Crippen molar-refractivity contribution < 1.29 is 33.4 Å². The SMILES string of the molecule is CCCCc1ccc(-c2ccc(C(=O)C[C@@H](CCCN)C(=O)N(C)[C@@H]3C(=O)C[C@@H](C)C(=O)N[C@H](C(=O)CN)Cc4ccc(OCCN)c(c4)-c4cc3ccc4OCCN)cc2)cc1. The normalized spacial score (nSPS) is 17.0. The van der Waals surface area contributed by atoms with Crippen molar-refractivity contribution in [1.82, 2.24) is 10.2 Å². The Hall–Kier alpha value is -5.73. The Kier molecular flexibility index (Phi) is 18.1. The van der Waals surface area contributed by atoms with E-state index in [1.807, 2.05) is 18.2 Å². The third kappa shape index (κ3) is 12.7. The number of carbonyl (C=O) groups is 5. The largest absolute Gasteiger partial charge is 0.492 e. The van der Waals surface area contributed by atoms with E-state index < -0.39 is 41.5 Å². The second-order valence-corrected chi connectivity index (χ2v) is 16.4. The quantitative estimate of drug-likeness (QED) is 0.0715. The molecule has 63 heavy (non-hydrogen) atoms. The minimum atomic E-state index is -1.18. The topological polar surface area (TPSA) is 223 Å². The molecular weight excluding hydrogens is 797 g/mol. The van der Waals surface area contributed by atoms with Crippen molar-refractivity contribution in [1.29, 1.82) is 0 Å². The van der Waals surface area contributed by atoms with Gasteiger partial charge in [-0.25, -0.2) is 0 Å². The molecule has 4 aromatic carbocycles. The van der Waals surface area contributed by atoms with Gasteiger partial charge < -0.3 is 42.6 Å². The number of unbranched alkanes of at least 4 members (excludes halogenated alkanes) is 1. The van der Waals surface area contributed by atoms with Crippen LogP contribution >= 0.6 is 0 Å². The predicted molar refractivity (Wildman–Crippen MR) is 246 cm³/mol. The van der Waals surface area contributed by atoms with Crippen LogP contribution in [0.3, 0.4) is 0 Å². The first-order chi connectivity index (χ1) is 30.4. The number of hydrogen-bond donors (Lipinski definition) is 5. The van der Waals surface area contributed by atoms with Gasteiger partial charge in [-0.15, -0.1) is 0 Å². The Balaban J connectivity index is 1.53. The fourth-order valence-corrected chi connectivity index (χ4v) is 8.03. The van der Waals surface area contributed by atoms with Crippen molar-refractivity contribution in [2.24, 2.45) is 34.8 Å². The van der Waals surface area contributed by atoms with E-state index in [1.165, 1.54) is 10.5 Å². The van der Waals surface area contributed by atoms with Crippen LogP contribution in [0.25, 0.3) is 22.3 Å². The molecule has 1 aliphatic rings. The second-order valence-electron chi connectivity index (χ2n) is 16.4. The van der Waals surface area contributed by atoms with Crippen LogP contribution < -0.4 is 37.7 Å². The van der Waals surface area contributed by atoms with Crippen molar-refractivity contribution in [3.05, 3.63) is 107 Å². The highest BCUT2D eigenvalue weighted by Crippen LogP contribution is 2.41. The van der Waals surface area contributed by atoms with Gasteiger partial charge in [-0.05, 0) is 90.7 Å². The van der Waals surface area contributed by atoms with Gasteiger partial charge in [0, 0.05) is 61.5 Å². The van der Waals surface area contributed by atoms with E-state index in [2.05, 4.69) is 36.5 Å². The standard InChI is InChI=1S/C50H64N6O7/c1-4-5-7-33-9-12-35(13-10-33)36-14-16-37(17-15-36)43(57)30-39(8-6-21-51)50(61)56(3)48-38-18-20-47(63-25-23-53)41(29-38)40-27-34(11-19-46(40)62-24-22-52)28-42(45(59)31-54)55-49(60)32(2)26-44(48)58/h9-20,27,29,32,39,42,48H,4-8,21-26,28,30-31,51-54H2,1-3H3,(H,55,60)/t32-,39-,42+,48+/m1/s1. The van der Waals surface area contributed by atoms with Gasteiger partial charge >= 0.3 is 0 Å². The van der Waals surface area contributed by atoms with E-state index in [1.54, 1.807) is 56.4 Å². The van der Waals surface area contributed by atoms with Crippen molar-refractivity contribution >= 4 is 29.2 Å². The summed E-state index contributed by atoms with van der Waals surface area (Å²) >= 11 is 0. The molecule has 4 aromatic rings. The molecule has 0 aromatic heterocycles. The molecule has 1 aliphatic heterocycles. The van der Waals surface area contributed by atoms with Gasteiger partial charge in [0.15, 0.2) is 17.3 Å². The molecule has 336 valence electrons. The van der Waals surface area contributed by atoms with Gasteiger partial charge in [0.1, 0.15) is 30.8 Å². The number of amides is 2. The summed E-state index contributed by atoms with van der Waals surface area (Å²) in [6.07, 6.45) is 3.87. The molecule has 4 atom stereocenters. The minimum Gasteiger partial charge on any atom is -0.492 e. The number of hydrogen-bond acceptors (Lipinski definition) is 11. The zero-order valence-corrected chi connectivity index (χ0v) is 36.9. The summed E-state index contributed by atoms with van der Waals surface area (Å²) in [5, 5.41) is 2.83. The number of nitrogens with one attached hydrogen (secondary N) is 1. The number of carbonyl (C=O) groups excluding carboxylic acids is 5. The highest BCUT2D eigenvalue weighted by atomic mass is 16.5. The van der Waals surface area contributed by atoms with Crippen LogP contribution in [-0.4, -0.2) is 86.5 Å². The summed E-state index contributed by atoms with van der Waals surface area (Å²) in [4.78, 5) is 71.5. The van der Waals surface area contributed by atoms with Crippen LogP contribution in [0.4, 0.5) is 0 Å². The lowest BCUT2D eigenvalue weighted by molar-refractivity contribution is -0.142. The number of ketones is 3. The Morgan fingerprint density at radius 3 is 2.00 bits per heavy atom. The zero-order valence-electron chi connectivity index (χ0n) is 36.9. The van der Waals surface area contributed by atoms with Gasteiger partial charge in [-0.1, -0.05) is 80.9 Å². The number of aryl methyl sites for hydroxylation is 1. The average Bonchev–Trinajstić information content (AvgIpc) is 3.30. The fourth-order valence-electron chi connectivity index (χ4n) is 8.03. The lowest BCUT2D eigenvalue weighted by atomic mass is 9.88. The Morgan fingerprint density at radius 2 is 1.40 bits per heavy atom. The average molecular weight is 861 g/mol. The second kappa shape index (κ2) is 23.6. The summed E-state index contributed by atoms with van der Waals surface area (Å²) in [5.41, 5.74) is 29.5. The van der Waals surface area contributed by atoms with Crippen molar-refractivity contribution in [2.75, 3.05) is 46.4 Å². The number of nitrogens with zero attached hydrogens (tertiary/aromatic N) is 1. The van der Waals surface area contributed by atoms with E-state index in [-0.39, 0.29) is 63.7 Å². The number of Topliss-reactive ketones (excluding diaryl/α,β-unsaturated/α-hetero) is 3. The fraction of sp³-hybridized carbons (Fsp3) is 0.420. The van der Waals surface area contributed by atoms with E-state index >= 15 is 0 Å². The van der Waals surface area contributed by atoms with Crippen LogP contribution in [0.5, 0.6) is 11.5 Å². The third-order valence-electron chi connectivity index (χ3n) is 11.6. The smallest absolute Gasteiger partial charge is 0.226 e. The van der Waals surface area contributed by atoms with E-state index in [0.717, 1.165) is 30.4 Å². The highest BCUT2D eigenvalue weighted by molar-refractivity contribution is 6.00. The predicted octanol–water partition coefficient (Wildman–Crippen LogP) is 5.33. The molecule has 0 spiro atoms. The number of benzene rings is 4. The molecule has 0 saturated heterocycles. The summed E-state index contributed by atoms with van der Waals surface area (Å²) in [6, 6.07) is 24.3. The van der Waals surface area contributed by atoms with Crippen LogP contribution in [0.2, 0.25) is 0 Å². The molecule has 0 aliphatic carbocycles. The van der Waals surface area contributed by atoms with E-state index in [4.69, 9.17) is 32.4 Å². The van der Waals surface area contributed by atoms with Crippen molar-refractivity contribution in [3.63, 3.8) is 0 Å². The van der Waals surface area contributed by atoms with Gasteiger partial charge in [0.25, 0.3) is 0 Å². The summed E-state index contributed by atoms with van der Waals surface area (Å²) < 4.78 is 12.2. The van der Waals surface area contributed by atoms with Crippen LogP contribution in [-0.2, 0) is 32.0 Å². The first kappa shape index (κ1) is 48.3. The molecule has 0 fully saturated rings. The molecule has 9 N–H and O–H groups in total. The van der Waals surface area contributed by atoms with Gasteiger partial charge in [-0.2, -0.15) is 0 Å². The van der Waals surface area contributed by atoms with Gasteiger partial charge in [0.2, 0.25) is 11.8 Å². The van der Waals surface area contributed by atoms with E-state index in [9.17, 15) is 24.0 Å². The number of ether oxygens (including phenoxy) is 2. The molecule has 13 nitrogen and oxygen atoms in total.